The van der Waals surface area contributed by atoms with Crippen molar-refractivity contribution in [1.29, 1.82) is 0 Å². The van der Waals surface area contributed by atoms with Crippen LogP contribution in [0.25, 0.3) is 0 Å². The molecule has 3 unspecified atom stereocenters. The van der Waals surface area contributed by atoms with Crippen molar-refractivity contribution in [3.8, 4) is 0 Å². The van der Waals surface area contributed by atoms with Crippen LogP contribution in [-0.2, 0) is 6.18 Å². The third kappa shape index (κ3) is 2.83. The first-order valence-electron chi connectivity index (χ1n) is 6.84. The first-order valence-corrected chi connectivity index (χ1v) is 6.84. The molecule has 2 nitrogen and oxygen atoms in total. The van der Waals surface area contributed by atoms with Gasteiger partial charge in [0.2, 0.25) is 0 Å². The second-order valence-corrected chi connectivity index (χ2v) is 5.94. The Balaban J connectivity index is 2.31. The molecule has 0 bridgehead atoms. The maximum Gasteiger partial charge on any atom is 0.416 e. The summed E-state index contributed by atoms with van der Waals surface area (Å²) in [4.78, 5) is 0. The summed E-state index contributed by atoms with van der Waals surface area (Å²) >= 11 is 0. The Labute approximate surface area is 116 Å². The monoisotopic (exact) mass is 287 g/mol. The van der Waals surface area contributed by atoms with Crippen molar-refractivity contribution in [3.63, 3.8) is 0 Å². The van der Waals surface area contributed by atoms with Crippen LogP contribution in [-0.4, -0.2) is 11.7 Å². The van der Waals surface area contributed by atoms with Crippen LogP contribution in [0, 0.1) is 11.3 Å². The minimum absolute atomic E-state index is 0.286. The van der Waals surface area contributed by atoms with E-state index in [0.29, 0.717) is 11.5 Å². The van der Waals surface area contributed by atoms with Gasteiger partial charge in [-0.25, -0.2) is 0 Å². The van der Waals surface area contributed by atoms with E-state index in [1.807, 2.05) is 0 Å². The molecule has 0 aromatic heterocycles. The van der Waals surface area contributed by atoms with E-state index < -0.39 is 23.3 Å². The molecule has 1 aliphatic rings. The van der Waals surface area contributed by atoms with Gasteiger partial charge in [0.15, 0.2) is 0 Å². The molecule has 2 rings (SSSR count). The summed E-state index contributed by atoms with van der Waals surface area (Å²) < 4.78 is 38.2. The maximum absolute atomic E-state index is 12.7. The average Bonchev–Trinajstić information content (AvgIpc) is 2.80. The van der Waals surface area contributed by atoms with Gasteiger partial charge < -0.3 is 10.8 Å². The van der Waals surface area contributed by atoms with Gasteiger partial charge in [0.05, 0.1) is 11.7 Å². The zero-order chi connectivity index (χ0) is 15.0. The highest BCUT2D eigenvalue weighted by Crippen LogP contribution is 2.49. The highest BCUT2D eigenvalue weighted by atomic mass is 19.4. The van der Waals surface area contributed by atoms with Gasteiger partial charge in [-0.05, 0) is 36.5 Å². The van der Waals surface area contributed by atoms with Crippen molar-refractivity contribution in [3.05, 3.63) is 35.4 Å². The fourth-order valence-electron chi connectivity index (χ4n) is 3.22. The number of alkyl halides is 3. The number of hydrogen-bond acceptors (Lipinski definition) is 2. The van der Waals surface area contributed by atoms with Crippen LogP contribution in [0.3, 0.4) is 0 Å². The minimum Gasteiger partial charge on any atom is -0.388 e. The van der Waals surface area contributed by atoms with Crippen molar-refractivity contribution in [1.82, 2.24) is 0 Å². The van der Waals surface area contributed by atoms with Crippen molar-refractivity contribution in [2.75, 3.05) is 6.54 Å². The number of hydrogen-bond donors (Lipinski definition) is 2. The summed E-state index contributed by atoms with van der Waals surface area (Å²) in [6.07, 6.45) is -2.88. The molecule has 1 fully saturated rings. The number of nitrogens with two attached hydrogens (primary N) is 1. The predicted molar refractivity (Wildman–Crippen MR) is 70.9 cm³/mol. The van der Waals surface area contributed by atoms with E-state index in [1.165, 1.54) is 6.07 Å². The summed E-state index contributed by atoms with van der Waals surface area (Å²) in [5.74, 6) is 0.444. The topological polar surface area (TPSA) is 46.2 Å². The molecule has 0 aliphatic heterocycles. The summed E-state index contributed by atoms with van der Waals surface area (Å²) in [5.41, 5.74) is 4.89. The first kappa shape index (κ1) is 15.3. The Bertz CT molecular complexity index is 474. The summed E-state index contributed by atoms with van der Waals surface area (Å²) in [6, 6.07) is 4.93. The smallest absolute Gasteiger partial charge is 0.388 e. The Morgan fingerprint density at radius 1 is 1.45 bits per heavy atom. The van der Waals surface area contributed by atoms with Gasteiger partial charge in [-0.2, -0.15) is 13.2 Å². The zero-order valence-corrected chi connectivity index (χ0v) is 11.5. The largest absolute Gasteiger partial charge is 0.416 e. The fraction of sp³-hybridized carbons (Fsp3) is 0.600. The number of aliphatic hydroxyl groups is 1. The molecular formula is C15H20F3NO. The molecule has 3 N–H and O–H groups in total. The third-order valence-corrected chi connectivity index (χ3v) is 4.41. The third-order valence-electron chi connectivity index (χ3n) is 4.41. The Morgan fingerprint density at radius 2 is 2.15 bits per heavy atom. The lowest BCUT2D eigenvalue weighted by atomic mass is 9.76. The van der Waals surface area contributed by atoms with E-state index in [0.717, 1.165) is 31.4 Å². The highest BCUT2D eigenvalue weighted by molar-refractivity contribution is 5.28. The second kappa shape index (κ2) is 5.37. The molecule has 0 radical (unpaired) electrons. The van der Waals surface area contributed by atoms with E-state index in [4.69, 9.17) is 5.73 Å². The van der Waals surface area contributed by atoms with Gasteiger partial charge in [0.1, 0.15) is 0 Å². The van der Waals surface area contributed by atoms with Crippen molar-refractivity contribution in [2.45, 2.75) is 38.5 Å². The first-order chi connectivity index (χ1) is 9.28. The number of halogens is 3. The molecule has 0 amide bonds. The summed E-state index contributed by atoms with van der Waals surface area (Å²) in [5, 5.41) is 10.5. The molecule has 1 aromatic carbocycles. The molecule has 1 saturated carbocycles. The van der Waals surface area contributed by atoms with E-state index >= 15 is 0 Å². The molecule has 0 spiro atoms. The Hall–Kier alpha value is -1.07. The molecule has 0 heterocycles. The molecule has 5 heteroatoms. The van der Waals surface area contributed by atoms with Crippen LogP contribution in [0.2, 0.25) is 0 Å². The number of aliphatic hydroxyl groups excluding tert-OH is 1. The fourth-order valence-corrected chi connectivity index (χ4v) is 3.22. The molecule has 1 aliphatic carbocycles. The van der Waals surface area contributed by atoms with Crippen molar-refractivity contribution >= 4 is 0 Å². The van der Waals surface area contributed by atoms with Crippen LogP contribution in [0.1, 0.15) is 43.4 Å². The Morgan fingerprint density at radius 3 is 2.65 bits per heavy atom. The average molecular weight is 287 g/mol. The maximum atomic E-state index is 12.7. The molecule has 3 atom stereocenters. The van der Waals surface area contributed by atoms with Gasteiger partial charge in [0, 0.05) is 12.0 Å². The second-order valence-electron chi connectivity index (χ2n) is 5.94. The van der Waals surface area contributed by atoms with Gasteiger partial charge in [0.25, 0.3) is 0 Å². The standard InChI is InChI=1S/C15H20F3NO/c1-10-5-6-14(8-10,9-19)13(20)11-3-2-4-12(7-11)15(16,17)18/h2-4,7,10,13,20H,5-6,8-9,19H2,1H3. The number of rotatable bonds is 3. The highest BCUT2D eigenvalue weighted by Gasteiger charge is 2.43. The van der Waals surface area contributed by atoms with Crippen molar-refractivity contribution in [2.24, 2.45) is 17.1 Å². The Kier molecular flexibility index (Phi) is 4.12. The van der Waals surface area contributed by atoms with E-state index in [-0.39, 0.29) is 6.54 Å². The lowest BCUT2D eigenvalue weighted by Gasteiger charge is -2.34. The molecule has 20 heavy (non-hydrogen) atoms. The van der Waals surface area contributed by atoms with E-state index in [1.54, 1.807) is 6.07 Å². The molecule has 0 saturated heterocycles. The predicted octanol–water partition coefficient (Wildman–Crippen LogP) is 3.50. The van der Waals surface area contributed by atoms with Gasteiger partial charge in [-0.15, -0.1) is 0 Å². The lowest BCUT2D eigenvalue weighted by molar-refractivity contribution is -0.137. The molecular weight excluding hydrogens is 267 g/mol. The molecule has 112 valence electrons. The van der Waals surface area contributed by atoms with E-state index in [2.05, 4.69) is 6.92 Å². The minimum atomic E-state index is -4.39. The van der Waals surface area contributed by atoms with Crippen LogP contribution in [0.15, 0.2) is 24.3 Å². The van der Waals surface area contributed by atoms with Gasteiger partial charge >= 0.3 is 6.18 Å². The SMILES string of the molecule is CC1CCC(CN)(C(O)c2cccc(C(F)(F)F)c2)C1. The summed E-state index contributed by atoms with van der Waals surface area (Å²) in [7, 11) is 0. The lowest BCUT2D eigenvalue weighted by Crippen LogP contribution is -2.34. The van der Waals surface area contributed by atoms with Gasteiger partial charge in [-0.1, -0.05) is 25.5 Å². The van der Waals surface area contributed by atoms with Crippen molar-refractivity contribution < 1.29 is 18.3 Å². The van der Waals surface area contributed by atoms with Crippen LogP contribution < -0.4 is 5.73 Å². The zero-order valence-electron chi connectivity index (χ0n) is 11.5. The van der Waals surface area contributed by atoms with Gasteiger partial charge in [-0.3, -0.25) is 0 Å². The molecule has 1 aromatic rings. The van der Waals surface area contributed by atoms with Crippen LogP contribution >= 0.6 is 0 Å². The summed E-state index contributed by atoms with van der Waals surface area (Å²) in [6.45, 7) is 2.37. The quantitative estimate of drug-likeness (QED) is 0.893. The van der Waals surface area contributed by atoms with E-state index in [9.17, 15) is 18.3 Å². The normalized spacial score (nSPS) is 28.6. The van der Waals surface area contributed by atoms with Crippen LogP contribution in [0.5, 0.6) is 0 Å². The van der Waals surface area contributed by atoms with Crippen LogP contribution in [0.4, 0.5) is 13.2 Å². The number of benzene rings is 1.